The summed E-state index contributed by atoms with van der Waals surface area (Å²) >= 11 is 0. The molecule has 1 heterocycles. The molecule has 1 aliphatic heterocycles. The minimum absolute atomic E-state index is 0.356. The Balaban J connectivity index is 1.94. The van der Waals surface area contributed by atoms with Crippen molar-refractivity contribution in [1.29, 1.82) is 0 Å². The quantitative estimate of drug-likeness (QED) is 0.852. The van der Waals surface area contributed by atoms with Crippen molar-refractivity contribution in [2.24, 2.45) is 5.10 Å². The lowest BCUT2D eigenvalue weighted by Crippen LogP contribution is -2.52. The number of hydrogen-bond donors (Lipinski definition) is 1. The maximum Gasteiger partial charge on any atom is 0.573 e. The zero-order valence-electron chi connectivity index (χ0n) is 12.1. The van der Waals surface area contributed by atoms with E-state index in [1.807, 2.05) is 0 Å². The normalized spacial score (nSPS) is 13.7. The van der Waals surface area contributed by atoms with Gasteiger partial charge in [-0.3, -0.25) is 4.79 Å². The number of hydrogen-bond acceptors (Lipinski definition) is 4. The van der Waals surface area contributed by atoms with Crippen LogP contribution in [-0.4, -0.2) is 35.5 Å². The smallest absolute Gasteiger partial charge is 0.427 e. The molecule has 2 aromatic carbocycles. The number of nitrogens with zero attached hydrogens (tertiary/aromatic N) is 2. The van der Waals surface area contributed by atoms with Crippen LogP contribution in [0.3, 0.4) is 0 Å². The molecule has 5 nitrogen and oxygen atoms in total. The zero-order valence-corrected chi connectivity index (χ0v) is 12.1. The molecule has 24 heavy (non-hydrogen) atoms. The Labute approximate surface area is 135 Å². The van der Waals surface area contributed by atoms with E-state index in [2.05, 4.69) is 9.84 Å². The Kier molecular flexibility index (Phi) is 4.02. The van der Waals surface area contributed by atoms with Gasteiger partial charge in [-0.1, -0.05) is 36.4 Å². The third kappa shape index (κ3) is 3.11. The number of halogens is 3. The Morgan fingerprint density at radius 2 is 1.79 bits per heavy atom. The lowest BCUT2D eigenvalue weighted by Gasteiger charge is -2.25. The fourth-order valence-corrected chi connectivity index (χ4v) is 2.33. The van der Waals surface area contributed by atoms with Gasteiger partial charge in [-0.15, -0.1) is 13.2 Å². The molecule has 1 aliphatic rings. The molecule has 1 N–H and O–H groups in total. The monoisotopic (exact) mass is 334 g/mol. The predicted octanol–water partition coefficient (Wildman–Crippen LogP) is 1.76. The number of carbonyl (C=O) groups excluding carboxylic acids is 1. The summed E-state index contributed by atoms with van der Waals surface area (Å²) < 4.78 is 41.3. The summed E-state index contributed by atoms with van der Waals surface area (Å²) in [5, 5.41) is 14.1. The van der Waals surface area contributed by atoms with Crippen LogP contribution >= 0.6 is 0 Å². The average Bonchev–Trinajstić information content (AvgIpc) is 2.54. The Bertz CT molecular complexity index is 811. The van der Waals surface area contributed by atoms with Crippen LogP contribution in [0.15, 0.2) is 53.6 Å². The fraction of sp³-hybridized carbons (Fsp3) is 0.0667. The van der Waals surface area contributed by atoms with Gasteiger partial charge in [-0.2, -0.15) is 5.10 Å². The summed E-state index contributed by atoms with van der Waals surface area (Å²) in [6.45, 7) is 0. The van der Waals surface area contributed by atoms with Crippen LogP contribution in [0.2, 0.25) is 0 Å². The van der Waals surface area contributed by atoms with Crippen LogP contribution in [0.25, 0.3) is 0 Å². The molecule has 0 fully saturated rings. The highest BCUT2D eigenvalue weighted by molar-refractivity contribution is 6.68. The van der Waals surface area contributed by atoms with E-state index in [1.54, 1.807) is 24.3 Å². The number of rotatable bonds is 2. The van der Waals surface area contributed by atoms with E-state index in [1.165, 1.54) is 24.4 Å². The first kappa shape index (κ1) is 16.1. The number of ether oxygens (including phenoxy) is 1. The summed E-state index contributed by atoms with van der Waals surface area (Å²) in [6.07, 6.45) is -3.58. The van der Waals surface area contributed by atoms with Crippen LogP contribution in [0.4, 0.5) is 13.2 Å². The molecule has 2 aromatic rings. The number of alkyl halides is 3. The second kappa shape index (κ2) is 6.01. The topological polar surface area (TPSA) is 62.1 Å². The highest BCUT2D eigenvalue weighted by Crippen LogP contribution is 2.27. The van der Waals surface area contributed by atoms with Gasteiger partial charge in [0.15, 0.2) is 0 Å². The summed E-state index contributed by atoms with van der Waals surface area (Å²) in [5.41, 5.74) is 0.689. The van der Waals surface area contributed by atoms with Gasteiger partial charge in [-0.05, 0) is 23.2 Å². The maximum atomic E-state index is 12.5. The number of para-hydroxylation sites is 1. The Morgan fingerprint density at radius 3 is 2.54 bits per heavy atom. The molecule has 0 bridgehead atoms. The van der Waals surface area contributed by atoms with E-state index in [0.29, 0.717) is 15.9 Å². The van der Waals surface area contributed by atoms with Crippen LogP contribution in [0.5, 0.6) is 5.75 Å². The highest BCUT2D eigenvalue weighted by Gasteiger charge is 2.37. The Hall–Kier alpha value is -2.81. The molecular weight excluding hydrogens is 324 g/mol. The standard InChI is InChI=1S/C15H10BF3N2O3/c17-15(18,19)24-13-8-4-2-6-11(13)14(22)21-16(23)12-7-3-1-5-10(12)9-20-21/h1-9,23H. The van der Waals surface area contributed by atoms with E-state index >= 15 is 0 Å². The molecule has 0 atom stereocenters. The minimum atomic E-state index is -4.94. The van der Waals surface area contributed by atoms with Crippen molar-refractivity contribution in [1.82, 2.24) is 4.92 Å². The summed E-state index contributed by atoms with van der Waals surface area (Å²) in [4.78, 5) is 13.2. The van der Waals surface area contributed by atoms with Gasteiger partial charge < -0.3 is 9.76 Å². The van der Waals surface area contributed by atoms with Gasteiger partial charge in [0.1, 0.15) is 5.75 Å². The highest BCUT2D eigenvalue weighted by atomic mass is 19.4. The fourth-order valence-electron chi connectivity index (χ4n) is 2.33. The number of fused-ring (bicyclic) bond motifs is 1. The molecule has 122 valence electrons. The molecule has 0 aromatic heterocycles. The van der Waals surface area contributed by atoms with Crippen molar-refractivity contribution in [3.63, 3.8) is 0 Å². The van der Waals surface area contributed by atoms with Crippen LogP contribution in [-0.2, 0) is 0 Å². The lowest BCUT2D eigenvalue weighted by atomic mass is 9.69. The lowest BCUT2D eigenvalue weighted by molar-refractivity contribution is -0.274. The molecule has 3 rings (SSSR count). The molecule has 0 radical (unpaired) electrons. The second-order valence-corrected chi connectivity index (χ2v) is 4.94. The van der Waals surface area contributed by atoms with E-state index in [0.717, 1.165) is 6.07 Å². The largest absolute Gasteiger partial charge is 0.573 e. The molecule has 0 saturated heterocycles. The number of amides is 1. The van der Waals surface area contributed by atoms with Gasteiger partial charge in [-0.25, -0.2) is 4.92 Å². The van der Waals surface area contributed by atoms with Gasteiger partial charge in [0.2, 0.25) is 0 Å². The first-order valence-electron chi connectivity index (χ1n) is 6.86. The molecule has 0 unspecified atom stereocenters. The van der Waals surface area contributed by atoms with Crippen molar-refractivity contribution in [2.45, 2.75) is 6.36 Å². The zero-order chi connectivity index (χ0) is 17.3. The van der Waals surface area contributed by atoms with Gasteiger partial charge >= 0.3 is 13.4 Å². The molecule has 9 heteroatoms. The number of benzene rings is 2. The first-order valence-corrected chi connectivity index (χ1v) is 6.86. The molecular formula is C15H10BF3N2O3. The summed E-state index contributed by atoms with van der Waals surface area (Å²) in [7, 11) is -1.40. The molecule has 1 amide bonds. The van der Waals surface area contributed by atoms with Crippen molar-refractivity contribution in [3.05, 3.63) is 59.7 Å². The first-order chi connectivity index (χ1) is 11.4. The van der Waals surface area contributed by atoms with Crippen LogP contribution < -0.4 is 10.2 Å². The third-order valence-electron chi connectivity index (χ3n) is 3.38. The van der Waals surface area contributed by atoms with Crippen molar-refractivity contribution >= 4 is 24.6 Å². The van der Waals surface area contributed by atoms with Crippen molar-refractivity contribution < 1.29 is 27.7 Å². The number of carbonyl (C=O) groups is 1. The van der Waals surface area contributed by atoms with Crippen molar-refractivity contribution in [3.8, 4) is 5.75 Å². The summed E-state index contributed by atoms with van der Waals surface area (Å²) in [6, 6.07) is 11.6. The average molecular weight is 334 g/mol. The predicted molar refractivity (Wildman–Crippen MR) is 80.9 cm³/mol. The van der Waals surface area contributed by atoms with E-state index in [9.17, 15) is 23.0 Å². The molecule has 0 spiro atoms. The molecule has 0 saturated carbocycles. The van der Waals surface area contributed by atoms with Crippen LogP contribution in [0.1, 0.15) is 15.9 Å². The van der Waals surface area contributed by atoms with E-state index < -0.39 is 25.1 Å². The maximum absolute atomic E-state index is 12.5. The number of hydrazone groups is 1. The second-order valence-electron chi connectivity index (χ2n) is 4.94. The SMILES string of the molecule is O=C(c1ccccc1OC(F)(F)F)N1N=Cc2ccccc2B1O. The van der Waals surface area contributed by atoms with Crippen LogP contribution in [0, 0.1) is 0 Å². The Morgan fingerprint density at radius 1 is 1.12 bits per heavy atom. The van der Waals surface area contributed by atoms with Gasteiger partial charge in [0.25, 0.3) is 5.91 Å². The van der Waals surface area contributed by atoms with E-state index in [4.69, 9.17) is 0 Å². The minimum Gasteiger partial charge on any atom is -0.427 e. The van der Waals surface area contributed by atoms with Crippen molar-refractivity contribution in [2.75, 3.05) is 0 Å². The van der Waals surface area contributed by atoms with Gasteiger partial charge in [0, 0.05) is 0 Å². The summed E-state index contributed by atoms with van der Waals surface area (Å²) in [5.74, 6) is -1.57. The third-order valence-corrected chi connectivity index (χ3v) is 3.38. The van der Waals surface area contributed by atoms with Gasteiger partial charge in [0.05, 0.1) is 11.8 Å². The molecule has 0 aliphatic carbocycles. The van der Waals surface area contributed by atoms with E-state index in [-0.39, 0.29) is 5.56 Å².